The van der Waals surface area contributed by atoms with Crippen molar-refractivity contribution in [2.45, 2.75) is 13.2 Å². The molecule has 10 nitrogen and oxygen atoms in total. The number of aromatic nitrogens is 1. The number of carbonyl (C=O) groups is 2. The van der Waals surface area contributed by atoms with E-state index in [-0.39, 0.29) is 23.4 Å². The van der Waals surface area contributed by atoms with E-state index in [1.807, 2.05) is 12.1 Å². The summed E-state index contributed by atoms with van der Waals surface area (Å²) in [6.07, 6.45) is 3.36. The van der Waals surface area contributed by atoms with Crippen LogP contribution in [0.2, 0.25) is 0 Å². The smallest absolute Gasteiger partial charge is 0.338 e. The Morgan fingerprint density at radius 1 is 0.970 bits per heavy atom. The molecule has 0 radical (unpaired) electrons. The third-order valence-electron chi connectivity index (χ3n) is 4.64. The fourth-order valence-corrected chi connectivity index (χ4v) is 2.95. The minimum atomic E-state index is -0.778. The summed E-state index contributed by atoms with van der Waals surface area (Å²) in [6, 6.07) is 12.3. The molecule has 0 aliphatic heterocycles. The maximum Gasteiger partial charge on any atom is 0.338 e. The van der Waals surface area contributed by atoms with Crippen molar-refractivity contribution in [2.24, 2.45) is 0 Å². The second-order valence-corrected chi connectivity index (χ2v) is 6.83. The Morgan fingerprint density at radius 3 is 2.36 bits per heavy atom. The van der Waals surface area contributed by atoms with Crippen molar-refractivity contribution in [3.8, 4) is 11.5 Å². The lowest BCUT2D eigenvalue weighted by atomic mass is 10.1. The topological polar surface area (TPSA) is 130 Å². The van der Waals surface area contributed by atoms with Crippen LogP contribution in [-0.2, 0) is 17.9 Å². The summed E-state index contributed by atoms with van der Waals surface area (Å²) >= 11 is 0. The first-order valence-corrected chi connectivity index (χ1v) is 9.76. The molecule has 0 spiro atoms. The molecule has 3 aromatic rings. The van der Waals surface area contributed by atoms with Crippen molar-refractivity contribution >= 4 is 17.6 Å². The number of hydrogen-bond acceptors (Lipinski definition) is 8. The summed E-state index contributed by atoms with van der Waals surface area (Å²) in [5.74, 6) is -0.342. The van der Waals surface area contributed by atoms with Gasteiger partial charge in [0.05, 0.1) is 24.7 Å². The van der Waals surface area contributed by atoms with Gasteiger partial charge in [0.2, 0.25) is 0 Å². The Labute approximate surface area is 189 Å². The third kappa shape index (κ3) is 6.03. The van der Waals surface area contributed by atoms with Gasteiger partial charge in [-0.05, 0) is 41.5 Å². The number of methoxy groups -OCH3 is 2. The van der Waals surface area contributed by atoms with Gasteiger partial charge < -0.3 is 19.5 Å². The van der Waals surface area contributed by atoms with Gasteiger partial charge in [-0.15, -0.1) is 0 Å². The molecule has 0 saturated carbocycles. The monoisotopic (exact) mass is 451 g/mol. The Hall–Kier alpha value is -4.47. The molecule has 2 aromatic carbocycles. The molecule has 170 valence electrons. The van der Waals surface area contributed by atoms with Gasteiger partial charge in [0.1, 0.15) is 6.61 Å². The quantitative estimate of drug-likeness (QED) is 0.298. The number of pyridine rings is 1. The molecule has 1 N–H and O–H groups in total. The maximum atomic E-state index is 12.6. The van der Waals surface area contributed by atoms with E-state index in [4.69, 9.17) is 9.47 Å². The van der Waals surface area contributed by atoms with Crippen LogP contribution in [0.15, 0.2) is 60.9 Å². The highest BCUT2D eigenvalue weighted by Crippen LogP contribution is 2.29. The van der Waals surface area contributed by atoms with Crippen LogP contribution in [0.3, 0.4) is 0 Å². The van der Waals surface area contributed by atoms with Crippen LogP contribution in [-0.4, -0.2) is 36.0 Å². The van der Waals surface area contributed by atoms with Crippen LogP contribution in [0.5, 0.6) is 11.5 Å². The van der Waals surface area contributed by atoms with E-state index >= 15 is 0 Å². The van der Waals surface area contributed by atoms with Gasteiger partial charge in [-0.25, -0.2) is 4.79 Å². The van der Waals surface area contributed by atoms with E-state index in [0.29, 0.717) is 18.1 Å². The molecule has 3 rings (SSSR count). The Kier molecular flexibility index (Phi) is 7.53. The van der Waals surface area contributed by atoms with Gasteiger partial charge >= 0.3 is 5.97 Å². The second-order valence-electron chi connectivity index (χ2n) is 6.83. The van der Waals surface area contributed by atoms with Gasteiger partial charge in [-0.2, -0.15) is 0 Å². The average Bonchev–Trinajstić information content (AvgIpc) is 2.85. The Morgan fingerprint density at radius 2 is 1.70 bits per heavy atom. The van der Waals surface area contributed by atoms with E-state index < -0.39 is 16.8 Å². The molecular formula is C23H21N3O7. The molecule has 1 heterocycles. The number of benzene rings is 2. The minimum Gasteiger partial charge on any atom is -0.493 e. The lowest BCUT2D eigenvalue weighted by Gasteiger charge is -2.13. The maximum absolute atomic E-state index is 12.6. The zero-order valence-electron chi connectivity index (χ0n) is 17.9. The molecule has 1 aromatic heterocycles. The highest BCUT2D eigenvalue weighted by atomic mass is 16.6. The van der Waals surface area contributed by atoms with E-state index in [9.17, 15) is 19.7 Å². The number of nitrogens with zero attached hydrogens (tertiary/aromatic N) is 2. The third-order valence-corrected chi connectivity index (χ3v) is 4.64. The first kappa shape index (κ1) is 23.2. The number of nitro groups is 1. The normalized spacial score (nSPS) is 10.2. The Balaban J connectivity index is 1.70. The van der Waals surface area contributed by atoms with Crippen LogP contribution < -0.4 is 14.8 Å². The van der Waals surface area contributed by atoms with Crippen molar-refractivity contribution in [1.29, 1.82) is 0 Å². The summed E-state index contributed by atoms with van der Waals surface area (Å²) in [6.45, 7) is 0.459. The number of carbonyl (C=O) groups excluding carboxylic acids is 2. The predicted octanol–water partition coefficient (Wildman–Crippen LogP) is 3.29. The number of nitrogens with one attached hydrogen (secondary N) is 1. The van der Waals surface area contributed by atoms with Gasteiger partial charge in [0.25, 0.3) is 11.6 Å². The molecule has 33 heavy (non-hydrogen) atoms. The largest absolute Gasteiger partial charge is 0.493 e. The van der Waals surface area contributed by atoms with Gasteiger partial charge in [0.15, 0.2) is 11.5 Å². The molecule has 1 amide bonds. The lowest BCUT2D eigenvalue weighted by Crippen LogP contribution is -2.23. The van der Waals surface area contributed by atoms with Gasteiger partial charge in [0, 0.05) is 36.6 Å². The van der Waals surface area contributed by atoms with Crippen molar-refractivity contribution in [3.63, 3.8) is 0 Å². The molecule has 10 heteroatoms. The zero-order chi connectivity index (χ0) is 23.8. The number of hydrogen-bond donors (Lipinski definition) is 1. The van der Waals surface area contributed by atoms with E-state index in [1.165, 1.54) is 13.2 Å². The standard InChI is InChI=1S/C23H21N3O7/c1-31-21-9-16(3-4-20(21)33-14-15-5-7-24-8-6-15)13-25-22(27)17-10-18(23(28)32-2)12-19(11-17)26(29)30/h3-12H,13-14H2,1-2H3,(H,25,27). The van der Waals surface area contributed by atoms with E-state index in [2.05, 4.69) is 15.0 Å². The summed E-state index contributed by atoms with van der Waals surface area (Å²) in [4.78, 5) is 38.8. The number of ether oxygens (including phenoxy) is 3. The highest BCUT2D eigenvalue weighted by molar-refractivity contribution is 5.98. The van der Waals surface area contributed by atoms with Crippen LogP contribution >= 0.6 is 0 Å². The van der Waals surface area contributed by atoms with Crippen LogP contribution in [0, 0.1) is 10.1 Å². The van der Waals surface area contributed by atoms with Crippen LogP contribution in [0.1, 0.15) is 31.8 Å². The van der Waals surface area contributed by atoms with Gasteiger partial charge in [-0.3, -0.25) is 19.9 Å². The number of amides is 1. The molecule has 0 unspecified atom stereocenters. The fraction of sp³-hybridized carbons (Fsp3) is 0.174. The highest BCUT2D eigenvalue weighted by Gasteiger charge is 2.18. The summed E-state index contributed by atoms with van der Waals surface area (Å²) in [5, 5.41) is 13.8. The summed E-state index contributed by atoms with van der Waals surface area (Å²) in [7, 11) is 2.66. The van der Waals surface area contributed by atoms with Crippen molar-refractivity contribution in [1.82, 2.24) is 10.3 Å². The first-order chi connectivity index (χ1) is 15.9. The number of rotatable bonds is 9. The summed E-state index contributed by atoms with van der Waals surface area (Å²) < 4.78 is 15.8. The van der Waals surface area contributed by atoms with E-state index in [0.717, 1.165) is 30.4 Å². The molecule has 0 atom stereocenters. The van der Waals surface area contributed by atoms with Crippen molar-refractivity contribution in [2.75, 3.05) is 14.2 Å². The first-order valence-electron chi connectivity index (χ1n) is 9.76. The predicted molar refractivity (Wildman–Crippen MR) is 117 cm³/mol. The zero-order valence-corrected chi connectivity index (χ0v) is 17.9. The summed E-state index contributed by atoms with van der Waals surface area (Å²) in [5.41, 5.74) is 1.16. The molecule has 0 fully saturated rings. The SMILES string of the molecule is COC(=O)c1cc(C(=O)NCc2ccc(OCc3ccncc3)c(OC)c2)cc([N+](=O)[O-])c1. The number of esters is 1. The van der Waals surface area contributed by atoms with Crippen molar-refractivity contribution < 1.29 is 28.7 Å². The molecule has 0 bridgehead atoms. The van der Waals surface area contributed by atoms with Gasteiger partial charge in [-0.1, -0.05) is 6.07 Å². The van der Waals surface area contributed by atoms with E-state index in [1.54, 1.807) is 30.6 Å². The fourth-order valence-electron chi connectivity index (χ4n) is 2.95. The number of non-ortho nitro benzene ring substituents is 1. The minimum absolute atomic E-state index is 0.0335. The molecule has 0 aliphatic carbocycles. The lowest BCUT2D eigenvalue weighted by molar-refractivity contribution is -0.384. The van der Waals surface area contributed by atoms with Crippen molar-refractivity contribution in [3.05, 3.63) is 93.3 Å². The second kappa shape index (κ2) is 10.7. The van der Waals surface area contributed by atoms with Crippen LogP contribution in [0.4, 0.5) is 5.69 Å². The Bertz CT molecular complexity index is 1170. The molecule has 0 aliphatic rings. The molecular weight excluding hydrogens is 430 g/mol. The number of nitro benzene ring substituents is 1. The van der Waals surface area contributed by atoms with Crippen LogP contribution in [0.25, 0.3) is 0 Å². The molecule has 0 saturated heterocycles. The average molecular weight is 451 g/mol.